The van der Waals surface area contributed by atoms with Gasteiger partial charge in [0.1, 0.15) is 18.1 Å². The largest absolute Gasteiger partial charge is 0.480 e. The zero-order valence-electron chi connectivity index (χ0n) is 9.97. The highest BCUT2D eigenvalue weighted by molar-refractivity contribution is 9.10. The van der Waals surface area contributed by atoms with Crippen molar-refractivity contribution in [3.8, 4) is 11.5 Å². The molecule has 3 nitrogen and oxygen atoms in total. The van der Waals surface area contributed by atoms with E-state index in [1.807, 2.05) is 42.5 Å². The normalized spacial score (nSPS) is 22.6. The van der Waals surface area contributed by atoms with E-state index in [-0.39, 0.29) is 0 Å². The quantitative estimate of drug-likeness (QED) is 0.739. The van der Waals surface area contributed by atoms with Gasteiger partial charge in [-0.3, -0.25) is 0 Å². The molecular weight excluding hydrogens is 306 g/mol. The van der Waals surface area contributed by atoms with Crippen LogP contribution in [0.4, 0.5) is 0 Å². The van der Waals surface area contributed by atoms with Crippen LogP contribution in [0.15, 0.2) is 51.9 Å². The Bertz CT molecular complexity index is 698. The maximum absolute atomic E-state index is 5.99. The van der Waals surface area contributed by atoms with Crippen LogP contribution in [0.5, 0.6) is 11.5 Å². The van der Waals surface area contributed by atoms with E-state index in [2.05, 4.69) is 20.9 Å². The molecule has 94 valence electrons. The predicted octanol–water partition coefficient (Wildman–Crippen LogP) is 3.86. The van der Waals surface area contributed by atoms with Crippen LogP contribution >= 0.6 is 15.9 Å². The molecule has 4 rings (SSSR count). The number of rotatable bonds is 0. The van der Waals surface area contributed by atoms with Crippen LogP contribution in [-0.2, 0) is 10.3 Å². The van der Waals surface area contributed by atoms with Gasteiger partial charge in [-0.1, -0.05) is 40.2 Å². The Kier molecular flexibility index (Phi) is 2.23. The molecule has 1 atom stereocenters. The minimum Gasteiger partial charge on any atom is -0.480 e. The van der Waals surface area contributed by atoms with E-state index in [1.54, 1.807) is 0 Å². The lowest BCUT2D eigenvalue weighted by Gasteiger charge is -2.34. The summed E-state index contributed by atoms with van der Waals surface area (Å²) in [4.78, 5) is 4.61. The first kappa shape index (κ1) is 11.1. The number of hydrogen-bond acceptors (Lipinski definition) is 3. The van der Waals surface area contributed by atoms with E-state index in [4.69, 9.17) is 9.47 Å². The predicted molar refractivity (Wildman–Crippen MR) is 75.9 cm³/mol. The fraction of sp³-hybridized carbons (Fsp3) is 0.133. The third-order valence-corrected chi connectivity index (χ3v) is 4.24. The molecule has 2 aromatic carbocycles. The van der Waals surface area contributed by atoms with Gasteiger partial charge in [0, 0.05) is 15.6 Å². The zero-order chi connectivity index (χ0) is 12.9. The molecule has 2 aliphatic heterocycles. The number of fused-ring (bicyclic) bond motifs is 4. The maximum Gasteiger partial charge on any atom is 0.170 e. The van der Waals surface area contributed by atoms with Crippen molar-refractivity contribution < 1.29 is 9.47 Å². The molecule has 2 aliphatic rings. The molecule has 0 N–H and O–H groups in total. The molecule has 1 spiro atoms. The van der Waals surface area contributed by atoms with E-state index in [9.17, 15) is 0 Å². The molecule has 1 unspecified atom stereocenters. The summed E-state index contributed by atoms with van der Waals surface area (Å²) < 4.78 is 12.4. The number of para-hydroxylation sites is 1. The van der Waals surface area contributed by atoms with E-state index >= 15 is 0 Å². The van der Waals surface area contributed by atoms with Gasteiger partial charge in [-0.2, -0.15) is 0 Å². The monoisotopic (exact) mass is 315 g/mol. The van der Waals surface area contributed by atoms with Crippen molar-refractivity contribution in [3.63, 3.8) is 0 Å². The van der Waals surface area contributed by atoms with Crippen molar-refractivity contribution >= 4 is 22.3 Å². The van der Waals surface area contributed by atoms with Crippen LogP contribution < -0.4 is 4.74 Å². The molecular formula is C15H10BrNO2. The Labute approximate surface area is 119 Å². The second kappa shape index (κ2) is 3.84. The van der Waals surface area contributed by atoms with Gasteiger partial charge in [-0.05, 0) is 18.2 Å². The van der Waals surface area contributed by atoms with E-state index in [1.165, 1.54) is 6.40 Å². The lowest BCUT2D eigenvalue weighted by Crippen LogP contribution is -2.31. The summed E-state index contributed by atoms with van der Waals surface area (Å²) in [6, 6.07) is 13.9. The SMILES string of the molecule is Brc1cccc2c1C1(COC=N1)c1ccccc1O2. The first-order valence-electron chi connectivity index (χ1n) is 6.03. The topological polar surface area (TPSA) is 30.8 Å². The van der Waals surface area contributed by atoms with Crippen molar-refractivity contribution in [2.75, 3.05) is 6.61 Å². The Balaban J connectivity index is 2.08. The highest BCUT2D eigenvalue weighted by Gasteiger charge is 2.46. The second-order valence-electron chi connectivity index (χ2n) is 4.62. The first-order valence-corrected chi connectivity index (χ1v) is 6.82. The summed E-state index contributed by atoms with van der Waals surface area (Å²) in [7, 11) is 0. The Morgan fingerprint density at radius 2 is 1.89 bits per heavy atom. The van der Waals surface area contributed by atoms with Gasteiger partial charge in [0.2, 0.25) is 0 Å². The molecule has 0 radical (unpaired) electrons. The zero-order valence-corrected chi connectivity index (χ0v) is 11.6. The number of hydrogen-bond donors (Lipinski definition) is 0. The lowest BCUT2D eigenvalue weighted by molar-refractivity contribution is 0.273. The highest BCUT2D eigenvalue weighted by atomic mass is 79.9. The molecule has 0 fully saturated rings. The van der Waals surface area contributed by atoms with Crippen LogP contribution in [0.25, 0.3) is 0 Å². The third kappa shape index (κ3) is 1.40. The van der Waals surface area contributed by atoms with Gasteiger partial charge in [0.15, 0.2) is 11.9 Å². The molecule has 2 aromatic rings. The van der Waals surface area contributed by atoms with Crippen molar-refractivity contribution in [2.45, 2.75) is 5.54 Å². The molecule has 2 heterocycles. The Morgan fingerprint density at radius 1 is 1.05 bits per heavy atom. The Hall–Kier alpha value is -1.81. The molecule has 0 bridgehead atoms. The van der Waals surface area contributed by atoms with E-state index in [0.717, 1.165) is 27.1 Å². The number of ether oxygens (including phenoxy) is 2. The van der Waals surface area contributed by atoms with Crippen LogP contribution in [-0.4, -0.2) is 13.0 Å². The summed E-state index contributed by atoms with van der Waals surface area (Å²) >= 11 is 3.61. The molecule has 0 saturated carbocycles. The smallest absolute Gasteiger partial charge is 0.170 e. The van der Waals surface area contributed by atoms with E-state index in [0.29, 0.717) is 6.61 Å². The maximum atomic E-state index is 5.99. The van der Waals surface area contributed by atoms with Crippen molar-refractivity contribution in [2.24, 2.45) is 4.99 Å². The number of aliphatic imine (C=N–C) groups is 1. The highest BCUT2D eigenvalue weighted by Crippen LogP contribution is 2.52. The van der Waals surface area contributed by atoms with Crippen LogP contribution in [0.2, 0.25) is 0 Å². The standard InChI is InChI=1S/C15H10BrNO2/c16-11-5-3-7-13-14(11)15(8-18-9-17-15)10-4-1-2-6-12(10)19-13/h1-7,9H,8H2. The van der Waals surface area contributed by atoms with Gasteiger partial charge < -0.3 is 9.47 Å². The van der Waals surface area contributed by atoms with Crippen molar-refractivity contribution in [1.82, 2.24) is 0 Å². The minimum absolute atomic E-state index is 0.496. The number of benzene rings is 2. The van der Waals surface area contributed by atoms with Crippen LogP contribution in [0, 0.1) is 0 Å². The van der Waals surface area contributed by atoms with Gasteiger partial charge in [-0.25, -0.2) is 4.99 Å². The molecule has 0 aromatic heterocycles. The summed E-state index contributed by atoms with van der Waals surface area (Å²) in [6.45, 7) is 0.503. The summed E-state index contributed by atoms with van der Waals surface area (Å²) in [5, 5.41) is 0. The van der Waals surface area contributed by atoms with Crippen LogP contribution in [0.3, 0.4) is 0 Å². The van der Waals surface area contributed by atoms with Gasteiger partial charge in [-0.15, -0.1) is 0 Å². The minimum atomic E-state index is -0.496. The number of halogens is 1. The molecule has 0 saturated heterocycles. The molecule has 4 heteroatoms. The van der Waals surface area contributed by atoms with E-state index < -0.39 is 5.54 Å². The first-order chi connectivity index (χ1) is 9.31. The second-order valence-corrected chi connectivity index (χ2v) is 5.47. The van der Waals surface area contributed by atoms with Gasteiger partial charge >= 0.3 is 0 Å². The third-order valence-electron chi connectivity index (χ3n) is 3.58. The molecule has 0 aliphatic carbocycles. The van der Waals surface area contributed by atoms with Gasteiger partial charge in [0.25, 0.3) is 0 Å². The number of nitrogens with zero attached hydrogens (tertiary/aromatic N) is 1. The summed E-state index contributed by atoms with van der Waals surface area (Å²) in [5.41, 5.74) is 1.58. The van der Waals surface area contributed by atoms with Gasteiger partial charge in [0.05, 0.1) is 0 Å². The fourth-order valence-electron chi connectivity index (χ4n) is 2.75. The Morgan fingerprint density at radius 3 is 2.74 bits per heavy atom. The van der Waals surface area contributed by atoms with Crippen molar-refractivity contribution in [3.05, 3.63) is 58.1 Å². The average molecular weight is 316 g/mol. The molecule has 0 amide bonds. The fourth-order valence-corrected chi connectivity index (χ4v) is 3.42. The van der Waals surface area contributed by atoms with Crippen LogP contribution in [0.1, 0.15) is 11.1 Å². The summed E-state index contributed by atoms with van der Waals surface area (Å²) in [6.07, 6.45) is 1.53. The molecule has 19 heavy (non-hydrogen) atoms. The lowest BCUT2D eigenvalue weighted by atomic mass is 9.81. The van der Waals surface area contributed by atoms with Crippen molar-refractivity contribution in [1.29, 1.82) is 0 Å². The summed E-state index contributed by atoms with van der Waals surface area (Å²) in [5.74, 6) is 1.67. The average Bonchev–Trinajstić information content (AvgIpc) is 2.89.